The first-order chi connectivity index (χ1) is 21.6. The van der Waals surface area contributed by atoms with Gasteiger partial charge in [-0.1, -0.05) is 24.3 Å². The van der Waals surface area contributed by atoms with E-state index in [2.05, 4.69) is 0 Å². The minimum Gasteiger partial charge on any atom is -0.422 e. The monoisotopic (exact) mass is 681 g/mol. The predicted octanol–water partition coefficient (Wildman–Crippen LogP) is 6.65. The zero-order chi connectivity index (χ0) is 30.8. The van der Waals surface area contributed by atoms with E-state index in [0.717, 1.165) is 19.5 Å². The quantitative estimate of drug-likeness (QED) is 0.0750. The summed E-state index contributed by atoms with van der Waals surface area (Å²) in [5.74, 6) is 0. The summed E-state index contributed by atoms with van der Waals surface area (Å²) >= 11 is 6.36. The van der Waals surface area contributed by atoms with E-state index in [0.29, 0.717) is 26.2 Å². The first-order valence-electron chi connectivity index (χ1n) is 13.5. The lowest BCUT2D eigenvalue weighted by molar-refractivity contribution is -0.161. The minimum atomic E-state index is -0.458. The Balaban J connectivity index is 1.02. The molecule has 15 heteroatoms. The van der Waals surface area contributed by atoms with Crippen molar-refractivity contribution in [2.75, 3.05) is 47.7 Å². The van der Waals surface area contributed by atoms with E-state index >= 15 is 0 Å². The van der Waals surface area contributed by atoms with Gasteiger partial charge in [-0.2, -0.15) is 0 Å². The molecule has 0 atom stereocenters. The Morgan fingerprint density at radius 3 is 1.18 bits per heavy atom. The third kappa shape index (κ3) is 12.6. The number of carbonyl (C=O) groups excluding carboxylic acids is 2. The highest BCUT2D eigenvalue weighted by molar-refractivity contribution is 7.10. The van der Waals surface area contributed by atoms with Crippen molar-refractivity contribution < 1.29 is 38.0 Å². The second-order valence-corrected chi connectivity index (χ2v) is 13.4. The SMILES string of the molecule is CN(COCOCOC(=O)N(Cc1cccs1)Cc1cccs1)COCOCOC(=O)N(Cc1cccs1)Cc1cccs1. The van der Waals surface area contributed by atoms with Crippen molar-refractivity contribution in [3.8, 4) is 0 Å². The number of rotatable bonds is 20. The van der Waals surface area contributed by atoms with Crippen LogP contribution in [0.15, 0.2) is 70.1 Å². The second-order valence-electron chi connectivity index (χ2n) is 9.25. The molecule has 0 N–H and O–H groups in total. The number of ether oxygens (including phenoxy) is 6. The summed E-state index contributed by atoms with van der Waals surface area (Å²) in [5, 5.41) is 7.91. The molecule has 0 saturated heterocycles. The van der Waals surface area contributed by atoms with Crippen LogP contribution in [0, 0.1) is 0 Å². The van der Waals surface area contributed by atoms with Gasteiger partial charge in [0.1, 0.15) is 13.5 Å². The van der Waals surface area contributed by atoms with Crippen molar-refractivity contribution >= 4 is 57.5 Å². The topological polar surface area (TPSA) is 99.2 Å². The van der Waals surface area contributed by atoms with E-state index in [1.165, 1.54) is 0 Å². The molecule has 2 amide bonds. The van der Waals surface area contributed by atoms with Gasteiger partial charge < -0.3 is 28.4 Å². The number of carbonyl (C=O) groups is 2. The molecule has 0 saturated carbocycles. The van der Waals surface area contributed by atoms with Crippen molar-refractivity contribution in [2.24, 2.45) is 0 Å². The fraction of sp³-hybridized carbons (Fsp3) is 0.379. The molecule has 0 aliphatic carbocycles. The smallest absolute Gasteiger partial charge is 0.412 e. The Labute approximate surface area is 272 Å². The highest BCUT2D eigenvalue weighted by Gasteiger charge is 2.18. The Bertz CT molecular complexity index is 1130. The summed E-state index contributed by atoms with van der Waals surface area (Å²) in [6.45, 7) is 1.71. The van der Waals surface area contributed by atoms with Crippen molar-refractivity contribution in [2.45, 2.75) is 26.2 Å². The molecule has 0 aromatic carbocycles. The molecule has 11 nitrogen and oxygen atoms in total. The van der Waals surface area contributed by atoms with Crippen molar-refractivity contribution in [3.05, 3.63) is 89.6 Å². The molecule has 0 aliphatic heterocycles. The van der Waals surface area contributed by atoms with E-state index < -0.39 is 12.2 Å². The number of thiophene rings is 4. The van der Waals surface area contributed by atoms with Gasteiger partial charge in [-0.15, -0.1) is 45.3 Å². The van der Waals surface area contributed by atoms with Crippen LogP contribution in [0.3, 0.4) is 0 Å². The van der Waals surface area contributed by atoms with E-state index in [9.17, 15) is 9.59 Å². The number of hydrogen-bond acceptors (Lipinski definition) is 13. The summed E-state index contributed by atoms with van der Waals surface area (Å²) in [4.78, 5) is 34.6. The van der Waals surface area contributed by atoms with Crippen molar-refractivity contribution in [3.63, 3.8) is 0 Å². The molecule has 0 spiro atoms. The van der Waals surface area contributed by atoms with Crippen LogP contribution in [0.1, 0.15) is 19.5 Å². The number of nitrogens with zero attached hydrogens (tertiary/aromatic N) is 3. The summed E-state index contributed by atoms with van der Waals surface area (Å²) in [7, 11) is 1.79. The van der Waals surface area contributed by atoms with Crippen molar-refractivity contribution in [1.29, 1.82) is 0 Å². The summed E-state index contributed by atoms with van der Waals surface area (Å²) < 4.78 is 32.1. The average molecular weight is 682 g/mol. The molecule has 238 valence electrons. The lowest BCUT2D eigenvalue weighted by Crippen LogP contribution is -2.31. The zero-order valence-corrected chi connectivity index (χ0v) is 27.5. The Hall–Kier alpha value is -2.86. The van der Waals surface area contributed by atoms with Gasteiger partial charge in [0, 0.05) is 19.5 Å². The largest absolute Gasteiger partial charge is 0.422 e. The van der Waals surface area contributed by atoms with E-state index in [4.69, 9.17) is 28.4 Å². The molecular weight excluding hydrogens is 647 g/mol. The fourth-order valence-electron chi connectivity index (χ4n) is 3.71. The molecule has 4 heterocycles. The summed E-state index contributed by atoms with van der Waals surface area (Å²) in [6, 6.07) is 15.8. The third-order valence-corrected chi connectivity index (χ3v) is 9.16. The minimum absolute atomic E-state index is 0.0621. The molecular formula is C29H35N3O8S4. The molecule has 0 unspecified atom stereocenters. The molecule has 44 heavy (non-hydrogen) atoms. The van der Waals surface area contributed by atoms with Gasteiger partial charge in [-0.3, -0.25) is 14.7 Å². The fourth-order valence-corrected chi connectivity index (χ4v) is 6.59. The standard InChI is InChI=1S/C29H35N3O8S4/c1-30(18-35-20-37-22-39-28(33)31(14-24-6-2-10-41-24)15-25-7-3-11-42-25)19-36-21-38-23-40-29(34)32(16-26-8-4-12-43-26)17-27-9-5-13-44-27/h2-13H,14-23H2,1H3. The van der Waals surface area contributed by atoms with Gasteiger partial charge in [0.05, 0.1) is 26.2 Å². The van der Waals surface area contributed by atoms with Crippen LogP contribution in [0.4, 0.5) is 9.59 Å². The van der Waals surface area contributed by atoms with Gasteiger partial charge in [0.15, 0.2) is 27.2 Å². The van der Waals surface area contributed by atoms with Crippen LogP contribution in [0.25, 0.3) is 0 Å². The summed E-state index contributed by atoms with van der Waals surface area (Å²) in [6.07, 6.45) is -0.915. The lowest BCUT2D eigenvalue weighted by atomic mass is 10.4. The predicted molar refractivity (Wildman–Crippen MR) is 170 cm³/mol. The Kier molecular flexibility index (Phi) is 15.1. The zero-order valence-electron chi connectivity index (χ0n) is 24.2. The van der Waals surface area contributed by atoms with E-state index in [1.807, 2.05) is 70.1 Å². The van der Waals surface area contributed by atoms with Gasteiger partial charge in [-0.05, 0) is 52.8 Å². The maximum Gasteiger partial charge on any atom is 0.412 e. The molecule has 0 aliphatic rings. The van der Waals surface area contributed by atoms with E-state index in [-0.39, 0.29) is 40.6 Å². The first-order valence-corrected chi connectivity index (χ1v) is 17.0. The normalized spacial score (nSPS) is 11.1. The highest BCUT2D eigenvalue weighted by Crippen LogP contribution is 2.19. The first kappa shape index (κ1) is 34.0. The van der Waals surface area contributed by atoms with Gasteiger partial charge in [0.25, 0.3) is 0 Å². The molecule has 0 fully saturated rings. The number of amides is 2. The van der Waals surface area contributed by atoms with Gasteiger partial charge in [0.2, 0.25) is 0 Å². The average Bonchev–Trinajstić information content (AvgIpc) is 3.85. The van der Waals surface area contributed by atoms with Crippen LogP contribution in [0.2, 0.25) is 0 Å². The van der Waals surface area contributed by atoms with Crippen LogP contribution >= 0.6 is 45.3 Å². The third-order valence-electron chi connectivity index (χ3n) is 5.71. The van der Waals surface area contributed by atoms with Crippen molar-refractivity contribution in [1.82, 2.24) is 14.7 Å². The molecule has 0 radical (unpaired) electrons. The molecule has 0 bridgehead atoms. The second kappa shape index (κ2) is 19.5. The van der Waals surface area contributed by atoms with E-state index in [1.54, 1.807) is 67.1 Å². The van der Waals surface area contributed by atoms with Crippen LogP contribution in [-0.4, -0.2) is 74.6 Å². The maximum absolute atomic E-state index is 12.7. The van der Waals surface area contributed by atoms with Gasteiger partial charge >= 0.3 is 12.2 Å². The summed E-state index contributed by atoms with van der Waals surface area (Å²) in [5.41, 5.74) is 0. The molecule has 4 aromatic heterocycles. The molecule has 4 rings (SSSR count). The van der Waals surface area contributed by atoms with Gasteiger partial charge in [-0.25, -0.2) is 9.59 Å². The molecule has 4 aromatic rings. The highest BCUT2D eigenvalue weighted by atomic mass is 32.1. The number of hydrogen-bond donors (Lipinski definition) is 0. The van der Waals surface area contributed by atoms with Crippen LogP contribution in [0.5, 0.6) is 0 Å². The van der Waals surface area contributed by atoms with Crippen LogP contribution in [-0.2, 0) is 54.6 Å². The van der Waals surface area contributed by atoms with Crippen LogP contribution < -0.4 is 0 Å². The lowest BCUT2D eigenvalue weighted by Gasteiger charge is -2.21. The Morgan fingerprint density at radius 1 is 0.545 bits per heavy atom. The maximum atomic E-state index is 12.7. The Morgan fingerprint density at radius 2 is 0.886 bits per heavy atom.